The number of carbonyl (C=O) groups is 1. The van der Waals surface area contributed by atoms with Crippen LogP contribution in [0.3, 0.4) is 0 Å². The Hall–Kier alpha value is -2.19. The number of allylic oxidation sites excluding steroid dienone is 1. The van der Waals surface area contributed by atoms with Crippen LogP contribution in [-0.2, 0) is 9.53 Å². The van der Waals surface area contributed by atoms with Gasteiger partial charge in [0.05, 0.1) is 48.3 Å². The van der Waals surface area contributed by atoms with E-state index in [1.54, 1.807) is 18.4 Å². The van der Waals surface area contributed by atoms with Gasteiger partial charge in [-0.1, -0.05) is 23.5 Å². The summed E-state index contributed by atoms with van der Waals surface area (Å²) in [6, 6.07) is 10.8. The summed E-state index contributed by atoms with van der Waals surface area (Å²) in [6.07, 6.45) is 1.90. The lowest BCUT2D eigenvalue weighted by atomic mass is 9.96. The number of rotatable bonds is 8. The molecule has 0 bridgehead atoms. The SMILES string of the molecule is CCOC(=O)C1=C(C)N=c2s/c(=C\c3cc(I)c(OCC)c(I)c3)c(=O)n2[C@@H]1c1ccc(OC(C)C)cc1. The molecule has 0 saturated carbocycles. The lowest BCUT2D eigenvalue weighted by molar-refractivity contribution is -0.139. The number of carbonyl (C=O) groups excluding carboxylic acids is 1. The Morgan fingerprint density at radius 2 is 1.79 bits per heavy atom. The zero-order valence-corrected chi connectivity index (χ0v) is 26.8. The molecule has 0 amide bonds. The first-order valence-electron chi connectivity index (χ1n) is 12.2. The zero-order chi connectivity index (χ0) is 27.6. The van der Waals surface area contributed by atoms with Gasteiger partial charge >= 0.3 is 5.97 Å². The molecule has 10 heteroatoms. The second-order valence-electron chi connectivity index (χ2n) is 8.78. The molecule has 0 N–H and O–H groups in total. The summed E-state index contributed by atoms with van der Waals surface area (Å²) in [5.74, 6) is 1.08. The molecule has 7 nitrogen and oxygen atoms in total. The largest absolute Gasteiger partial charge is 0.492 e. The number of aromatic nitrogens is 1. The van der Waals surface area contributed by atoms with Crippen LogP contribution in [0.5, 0.6) is 11.5 Å². The van der Waals surface area contributed by atoms with Crippen molar-refractivity contribution in [3.05, 3.63) is 85.6 Å². The molecular weight excluding hydrogens is 730 g/mol. The molecule has 200 valence electrons. The van der Waals surface area contributed by atoms with Gasteiger partial charge in [-0.25, -0.2) is 9.79 Å². The van der Waals surface area contributed by atoms with Crippen LogP contribution in [0.4, 0.5) is 0 Å². The predicted molar refractivity (Wildman–Crippen MR) is 166 cm³/mol. The second kappa shape index (κ2) is 12.3. The van der Waals surface area contributed by atoms with E-state index in [4.69, 9.17) is 14.2 Å². The quantitative estimate of drug-likeness (QED) is 0.234. The van der Waals surface area contributed by atoms with E-state index in [1.807, 2.05) is 63.2 Å². The number of nitrogens with zero attached hydrogens (tertiary/aromatic N) is 2. The van der Waals surface area contributed by atoms with E-state index >= 15 is 0 Å². The van der Waals surface area contributed by atoms with Crippen LogP contribution in [0.2, 0.25) is 0 Å². The number of benzene rings is 2. The van der Waals surface area contributed by atoms with E-state index in [9.17, 15) is 9.59 Å². The summed E-state index contributed by atoms with van der Waals surface area (Å²) < 4.78 is 21.0. The molecule has 1 aromatic heterocycles. The predicted octanol–water partition coefficient (Wildman–Crippen LogP) is 5.19. The molecule has 0 radical (unpaired) electrons. The fourth-order valence-electron chi connectivity index (χ4n) is 4.20. The molecule has 2 aromatic carbocycles. The molecule has 0 unspecified atom stereocenters. The smallest absolute Gasteiger partial charge is 0.338 e. The van der Waals surface area contributed by atoms with Crippen molar-refractivity contribution in [2.75, 3.05) is 13.2 Å². The van der Waals surface area contributed by atoms with Crippen LogP contribution in [0.1, 0.15) is 51.8 Å². The van der Waals surface area contributed by atoms with Gasteiger partial charge in [-0.2, -0.15) is 0 Å². The molecule has 3 aromatic rings. The lowest BCUT2D eigenvalue weighted by Gasteiger charge is -2.25. The average Bonchev–Trinajstić information content (AvgIpc) is 3.15. The van der Waals surface area contributed by atoms with E-state index in [-0.39, 0.29) is 18.3 Å². The maximum absolute atomic E-state index is 13.8. The summed E-state index contributed by atoms with van der Waals surface area (Å²) in [5.41, 5.74) is 2.34. The van der Waals surface area contributed by atoms with Crippen molar-refractivity contribution in [1.82, 2.24) is 4.57 Å². The molecule has 1 aliphatic rings. The fraction of sp³-hybridized carbons (Fsp3) is 0.321. The number of hydrogen-bond donors (Lipinski definition) is 0. The summed E-state index contributed by atoms with van der Waals surface area (Å²) >= 11 is 5.80. The van der Waals surface area contributed by atoms with Crippen molar-refractivity contribution in [2.45, 2.75) is 46.8 Å². The molecule has 2 heterocycles. The Bertz CT molecular complexity index is 1550. The topological polar surface area (TPSA) is 79.1 Å². The van der Waals surface area contributed by atoms with Gasteiger partial charge in [-0.3, -0.25) is 9.36 Å². The fourth-order valence-corrected chi connectivity index (χ4v) is 7.38. The Kier molecular flexibility index (Phi) is 9.35. The summed E-state index contributed by atoms with van der Waals surface area (Å²) in [5, 5.41) is 0. The van der Waals surface area contributed by atoms with Crippen molar-refractivity contribution < 1.29 is 19.0 Å². The number of ether oxygens (including phenoxy) is 3. The van der Waals surface area contributed by atoms with Gasteiger partial charge < -0.3 is 14.2 Å². The Balaban J connectivity index is 1.88. The number of thiazole rings is 1. The van der Waals surface area contributed by atoms with Crippen molar-refractivity contribution in [2.24, 2.45) is 4.99 Å². The summed E-state index contributed by atoms with van der Waals surface area (Å²) in [7, 11) is 0. The van der Waals surface area contributed by atoms with Crippen molar-refractivity contribution in [3.8, 4) is 11.5 Å². The van der Waals surface area contributed by atoms with Gasteiger partial charge in [0, 0.05) is 0 Å². The first-order chi connectivity index (χ1) is 18.1. The zero-order valence-electron chi connectivity index (χ0n) is 21.7. The third kappa shape index (κ3) is 6.01. The van der Waals surface area contributed by atoms with Crippen LogP contribution >= 0.6 is 56.5 Å². The minimum atomic E-state index is -0.666. The van der Waals surface area contributed by atoms with E-state index in [0.29, 0.717) is 33.0 Å². The van der Waals surface area contributed by atoms with Crippen molar-refractivity contribution in [3.63, 3.8) is 0 Å². The van der Waals surface area contributed by atoms with Crippen LogP contribution in [0, 0.1) is 7.14 Å². The first kappa shape index (κ1) is 28.8. The highest BCUT2D eigenvalue weighted by atomic mass is 127. The summed E-state index contributed by atoms with van der Waals surface area (Å²) in [4.78, 5) is 32.1. The van der Waals surface area contributed by atoms with Gasteiger partial charge in [0.1, 0.15) is 11.5 Å². The van der Waals surface area contributed by atoms with E-state index in [2.05, 4.69) is 50.2 Å². The third-order valence-electron chi connectivity index (χ3n) is 5.69. The van der Waals surface area contributed by atoms with E-state index in [1.165, 1.54) is 11.3 Å². The summed E-state index contributed by atoms with van der Waals surface area (Å²) in [6.45, 7) is 10.2. The molecule has 4 rings (SSSR count). The van der Waals surface area contributed by atoms with Crippen LogP contribution in [-0.4, -0.2) is 29.9 Å². The van der Waals surface area contributed by atoms with Gasteiger partial charge in [0.15, 0.2) is 4.80 Å². The highest BCUT2D eigenvalue weighted by Crippen LogP contribution is 2.32. The number of halogens is 2. The average molecular weight is 758 g/mol. The molecule has 0 aliphatic carbocycles. The normalized spacial score (nSPS) is 15.4. The minimum absolute atomic E-state index is 0.0319. The maximum Gasteiger partial charge on any atom is 0.338 e. The monoisotopic (exact) mass is 758 g/mol. The van der Waals surface area contributed by atoms with E-state index < -0.39 is 12.0 Å². The molecule has 38 heavy (non-hydrogen) atoms. The molecule has 0 fully saturated rings. The molecule has 1 aliphatic heterocycles. The highest BCUT2D eigenvalue weighted by molar-refractivity contribution is 14.1. The first-order valence-corrected chi connectivity index (χ1v) is 15.2. The standard InChI is InChI=1S/C28H28I2N2O5S/c1-6-35-25-20(29)12-17(13-21(25)30)14-22-26(33)32-24(18-8-10-19(11-9-18)37-15(3)4)23(27(34)36-7-2)16(5)31-28(32)38-22/h8-15,24H,6-7H2,1-5H3/b22-14-/t24-/m1/s1. The van der Waals surface area contributed by atoms with Crippen LogP contribution < -0.4 is 24.4 Å². The van der Waals surface area contributed by atoms with Crippen LogP contribution in [0.25, 0.3) is 6.08 Å². The van der Waals surface area contributed by atoms with Gasteiger partial charge in [0.25, 0.3) is 5.56 Å². The lowest BCUT2D eigenvalue weighted by Crippen LogP contribution is -2.39. The van der Waals surface area contributed by atoms with Crippen LogP contribution in [0.15, 0.2) is 57.5 Å². The Morgan fingerprint density at radius 3 is 2.37 bits per heavy atom. The third-order valence-corrected chi connectivity index (χ3v) is 8.28. The number of hydrogen-bond acceptors (Lipinski definition) is 7. The van der Waals surface area contributed by atoms with Gasteiger partial charge in [0.2, 0.25) is 0 Å². The maximum atomic E-state index is 13.8. The van der Waals surface area contributed by atoms with Crippen molar-refractivity contribution >= 4 is 68.6 Å². The minimum Gasteiger partial charge on any atom is -0.492 e. The molecule has 1 atom stereocenters. The molecular formula is C28H28I2N2O5S. The second-order valence-corrected chi connectivity index (χ2v) is 12.1. The molecule has 0 spiro atoms. The van der Waals surface area contributed by atoms with Gasteiger partial charge in [-0.15, -0.1) is 0 Å². The Labute approximate surface area is 252 Å². The highest BCUT2D eigenvalue weighted by Gasteiger charge is 2.33. The molecule has 0 saturated heterocycles. The number of esters is 1. The van der Waals surface area contributed by atoms with Gasteiger partial charge in [-0.05, 0) is 121 Å². The van der Waals surface area contributed by atoms with Crippen molar-refractivity contribution in [1.29, 1.82) is 0 Å². The Morgan fingerprint density at radius 1 is 1.13 bits per heavy atom. The number of fused-ring (bicyclic) bond motifs is 1. The van der Waals surface area contributed by atoms with E-state index in [0.717, 1.165) is 24.0 Å².